The van der Waals surface area contributed by atoms with Gasteiger partial charge in [0.1, 0.15) is 5.25 Å². The van der Waals surface area contributed by atoms with Crippen LogP contribution in [0.25, 0.3) is 0 Å². The van der Waals surface area contributed by atoms with Gasteiger partial charge in [0.2, 0.25) is 6.10 Å². The van der Waals surface area contributed by atoms with Crippen molar-refractivity contribution < 1.29 is 19.1 Å². The van der Waals surface area contributed by atoms with Gasteiger partial charge in [0.15, 0.2) is 5.17 Å². The zero-order valence-electron chi connectivity index (χ0n) is 18.7. The molecule has 0 bridgehead atoms. The number of thioether (sulfide) groups is 1. The van der Waals surface area contributed by atoms with Crippen LogP contribution < -0.4 is 5.32 Å². The molecule has 1 N–H and O–H groups in total. The molecule has 0 aliphatic carbocycles. The van der Waals surface area contributed by atoms with Crippen molar-refractivity contribution in [3.63, 3.8) is 0 Å². The topological polar surface area (TPSA) is 88.1 Å². The lowest BCUT2D eigenvalue weighted by molar-refractivity contribution is -0.155. The third-order valence-corrected chi connectivity index (χ3v) is 6.75. The summed E-state index contributed by atoms with van der Waals surface area (Å²) in [5.74, 6) is -1.38. The molecule has 0 aromatic heterocycles. The first kappa shape index (κ1) is 23.0. The number of nitrogens with zero attached hydrogens (tertiary/aromatic N) is 2. The lowest BCUT2D eigenvalue weighted by Gasteiger charge is -2.19. The third-order valence-electron chi connectivity index (χ3n) is 5.54. The van der Waals surface area contributed by atoms with E-state index in [1.807, 2.05) is 38.1 Å². The Balaban J connectivity index is 1.44. The molecule has 33 heavy (non-hydrogen) atoms. The summed E-state index contributed by atoms with van der Waals surface area (Å²) in [5.41, 5.74) is 3.24. The fourth-order valence-electron chi connectivity index (χ4n) is 4.04. The molecule has 7 nitrogen and oxygen atoms in total. The van der Waals surface area contributed by atoms with E-state index in [0.29, 0.717) is 16.4 Å². The minimum absolute atomic E-state index is 0.134. The van der Waals surface area contributed by atoms with Crippen molar-refractivity contribution in [2.75, 3.05) is 18.4 Å². The van der Waals surface area contributed by atoms with Gasteiger partial charge in [-0.25, -0.2) is 0 Å². The van der Waals surface area contributed by atoms with E-state index in [-0.39, 0.29) is 12.3 Å². The van der Waals surface area contributed by atoms with E-state index in [4.69, 9.17) is 4.74 Å². The zero-order valence-corrected chi connectivity index (χ0v) is 19.6. The Hall–Kier alpha value is -3.13. The highest BCUT2D eigenvalue weighted by Gasteiger charge is 2.35. The van der Waals surface area contributed by atoms with E-state index in [1.54, 1.807) is 24.3 Å². The Morgan fingerprint density at radius 2 is 1.79 bits per heavy atom. The number of likely N-dealkylation sites (tertiary alicyclic amines) is 1. The maximum atomic E-state index is 13.1. The fourth-order valence-corrected chi connectivity index (χ4v) is 5.14. The van der Waals surface area contributed by atoms with Crippen molar-refractivity contribution in [2.45, 2.75) is 44.5 Å². The molecule has 2 atom stereocenters. The number of benzene rings is 2. The van der Waals surface area contributed by atoms with Gasteiger partial charge in [-0.15, -0.1) is 0 Å². The zero-order chi connectivity index (χ0) is 23.4. The molecule has 172 valence electrons. The molecule has 1 saturated heterocycles. The van der Waals surface area contributed by atoms with Crippen LogP contribution in [0.4, 0.5) is 5.69 Å². The Bertz CT molecular complexity index is 1060. The van der Waals surface area contributed by atoms with Gasteiger partial charge in [-0.05, 0) is 49.9 Å². The first-order valence-electron chi connectivity index (χ1n) is 11.1. The van der Waals surface area contributed by atoms with Crippen LogP contribution in [0.5, 0.6) is 0 Å². The van der Waals surface area contributed by atoms with Gasteiger partial charge < -0.3 is 15.0 Å². The molecule has 2 aliphatic heterocycles. The molecule has 0 unspecified atom stereocenters. The first-order chi connectivity index (χ1) is 15.9. The van der Waals surface area contributed by atoms with Crippen molar-refractivity contribution in [2.24, 2.45) is 4.99 Å². The summed E-state index contributed by atoms with van der Waals surface area (Å²) in [6.07, 6.45) is 0.897. The quantitative estimate of drug-likeness (QED) is 0.649. The molecule has 0 saturated carbocycles. The average molecular weight is 466 g/mol. The molecule has 2 aliphatic rings. The fraction of sp³-hybridized carbons (Fsp3) is 0.360. The van der Waals surface area contributed by atoms with Crippen LogP contribution in [0, 0.1) is 13.8 Å². The Morgan fingerprint density at radius 1 is 1.12 bits per heavy atom. The highest BCUT2D eigenvalue weighted by Crippen LogP contribution is 2.30. The highest BCUT2D eigenvalue weighted by molar-refractivity contribution is 8.15. The van der Waals surface area contributed by atoms with E-state index in [0.717, 1.165) is 37.1 Å². The van der Waals surface area contributed by atoms with Crippen LogP contribution in [-0.2, 0) is 19.1 Å². The molecule has 2 aromatic rings. The number of amidine groups is 1. The van der Waals surface area contributed by atoms with Gasteiger partial charge in [0.05, 0.1) is 6.42 Å². The number of hydrogen-bond acceptors (Lipinski definition) is 6. The molecule has 4 rings (SSSR count). The van der Waals surface area contributed by atoms with Crippen molar-refractivity contribution in [1.29, 1.82) is 0 Å². The van der Waals surface area contributed by atoms with E-state index in [1.165, 1.54) is 11.8 Å². The van der Waals surface area contributed by atoms with Gasteiger partial charge >= 0.3 is 5.97 Å². The van der Waals surface area contributed by atoms with Crippen molar-refractivity contribution in [1.82, 2.24) is 4.90 Å². The Labute approximate surface area is 197 Å². The van der Waals surface area contributed by atoms with Crippen LogP contribution in [0.15, 0.2) is 53.5 Å². The molecule has 8 heteroatoms. The first-order valence-corrected chi connectivity index (χ1v) is 11.9. The van der Waals surface area contributed by atoms with Crippen molar-refractivity contribution >= 4 is 40.4 Å². The molecular weight excluding hydrogens is 438 g/mol. The summed E-state index contributed by atoms with van der Waals surface area (Å²) in [4.78, 5) is 44.5. The van der Waals surface area contributed by atoms with Crippen LogP contribution in [0.1, 0.15) is 42.1 Å². The summed E-state index contributed by atoms with van der Waals surface area (Å²) >= 11 is 1.31. The van der Waals surface area contributed by atoms with E-state index in [2.05, 4.69) is 15.2 Å². The molecule has 2 aromatic carbocycles. The number of aryl methyl sites for hydroxylation is 2. The minimum Gasteiger partial charge on any atom is -0.447 e. The number of amides is 2. The molecule has 2 heterocycles. The molecular formula is C25H27N3O4S. The number of carbonyl (C=O) groups excluding carboxylic acids is 3. The maximum absolute atomic E-state index is 13.1. The lowest BCUT2D eigenvalue weighted by Crippen LogP contribution is -2.28. The van der Waals surface area contributed by atoms with Crippen LogP contribution >= 0.6 is 11.8 Å². The average Bonchev–Trinajstić information content (AvgIpc) is 3.42. The minimum atomic E-state index is -1.13. The number of hydrogen-bond donors (Lipinski definition) is 1. The van der Waals surface area contributed by atoms with Gasteiger partial charge in [-0.2, -0.15) is 4.99 Å². The van der Waals surface area contributed by atoms with Crippen LogP contribution in [0.3, 0.4) is 0 Å². The summed E-state index contributed by atoms with van der Waals surface area (Å²) in [6, 6.07) is 14.6. The van der Waals surface area contributed by atoms with Gasteiger partial charge in [-0.1, -0.05) is 48.2 Å². The standard InChI is InChI=1S/C25H27N3O4S/c1-16-12-17(2)14-19(13-16)26-24(31)22(18-8-4-3-5-9-18)32-21(29)15-20-23(30)27-25(33-20)28-10-6-7-11-28/h3-5,8-9,12-14,20,22H,6-7,10-11,15H2,1-2H3,(H,26,31)/t20-,22-/m1/s1. The summed E-state index contributed by atoms with van der Waals surface area (Å²) in [6.45, 7) is 5.66. The summed E-state index contributed by atoms with van der Waals surface area (Å²) in [7, 11) is 0. The van der Waals surface area contributed by atoms with Crippen LogP contribution in [-0.4, -0.2) is 46.2 Å². The molecule has 0 radical (unpaired) electrons. The molecule has 0 spiro atoms. The second-order valence-electron chi connectivity index (χ2n) is 8.38. The number of anilines is 1. The number of nitrogens with one attached hydrogen (secondary N) is 1. The SMILES string of the molecule is Cc1cc(C)cc(NC(=O)[C@H](OC(=O)C[C@H]2SC(N3CCCC3)=NC2=O)c2ccccc2)c1. The second kappa shape index (κ2) is 10.2. The third kappa shape index (κ3) is 5.82. The maximum Gasteiger partial charge on any atom is 0.308 e. The smallest absolute Gasteiger partial charge is 0.308 e. The number of ether oxygens (including phenoxy) is 1. The second-order valence-corrected chi connectivity index (χ2v) is 9.55. The van der Waals surface area contributed by atoms with Gasteiger partial charge in [0, 0.05) is 24.3 Å². The van der Waals surface area contributed by atoms with Crippen molar-refractivity contribution in [3.05, 3.63) is 65.2 Å². The van der Waals surface area contributed by atoms with Crippen molar-refractivity contribution in [3.8, 4) is 0 Å². The van der Waals surface area contributed by atoms with Gasteiger partial charge in [0.25, 0.3) is 11.8 Å². The predicted molar refractivity (Wildman–Crippen MR) is 129 cm³/mol. The molecule has 2 amide bonds. The predicted octanol–water partition coefficient (Wildman–Crippen LogP) is 4.01. The van der Waals surface area contributed by atoms with Crippen LogP contribution in [0.2, 0.25) is 0 Å². The van der Waals surface area contributed by atoms with E-state index >= 15 is 0 Å². The monoisotopic (exact) mass is 465 g/mol. The number of carbonyl (C=O) groups is 3. The largest absolute Gasteiger partial charge is 0.447 e. The number of rotatable bonds is 6. The van der Waals surface area contributed by atoms with E-state index < -0.39 is 23.2 Å². The molecule has 1 fully saturated rings. The number of aliphatic imine (C=N–C) groups is 1. The lowest BCUT2D eigenvalue weighted by atomic mass is 10.1. The highest BCUT2D eigenvalue weighted by atomic mass is 32.2. The summed E-state index contributed by atoms with van der Waals surface area (Å²) in [5, 5.41) is 2.92. The Kier molecular flexibility index (Phi) is 7.13. The van der Waals surface area contributed by atoms with Gasteiger partial charge in [-0.3, -0.25) is 14.4 Å². The van der Waals surface area contributed by atoms with E-state index in [9.17, 15) is 14.4 Å². The normalized spacial score (nSPS) is 18.7. The number of esters is 1. The summed E-state index contributed by atoms with van der Waals surface area (Å²) < 4.78 is 5.62. The Morgan fingerprint density at radius 3 is 2.45 bits per heavy atom.